The van der Waals surface area contributed by atoms with Crippen molar-refractivity contribution in [3.8, 4) is 0 Å². The van der Waals surface area contributed by atoms with Crippen LogP contribution in [-0.2, 0) is 32.7 Å². The van der Waals surface area contributed by atoms with Gasteiger partial charge in [0.15, 0.2) is 10.1 Å². The number of unbranched alkanes of at least 4 members (excludes halogenated alkanes) is 6. The molecule has 0 amide bonds. The summed E-state index contributed by atoms with van der Waals surface area (Å²) >= 11 is 0. The molecular weight excluding hydrogens is 437 g/mol. The highest BCUT2D eigenvalue weighted by atomic mass is 32.2. The molecule has 1 rings (SSSR count). The minimum Gasteiger partial charge on any atom is -0.741 e. The Bertz CT molecular complexity index is 761. The Kier molecular flexibility index (Phi) is 14.1. The average Bonchev–Trinajstić information content (AvgIpc) is 3.10. The Hall–Kier alpha value is -1.88. The number of hydrogen-bond acceptors (Lipinski definition) is 5. The van der Waals surface area contributed by atoms with Crippen molar-refractivity contribution < 1.29 is 40.2 Å². The monoisotopic (exact) mass is 470 g/mol. The van der Waals surface area contributed by atoms with Crippen LogP contribution in [0.3, 0.4) is 0 Å². The van der Waals surface area contributed by atoms with E-state index in [1.807, 2.05) is 0 Å². The van der Waals surface area contributed by atoms with Gasteiger partial charge in [-0.1, -0.05) is 26.3 Å². The number of imidazole rings is 1. The van der Waals surface area contributed by atoms with Gasteiger partial charge in [-0.25, -0.2) is 22.3 Å². The fraction of sp³-hybridized carbons (Fsp3) is 0.700. The number of esters is 1. The summed E-state index contributed by atoms with van der Waals surface area (Å²) in [7, 11) is -6.09. The van der Waals surface area contributed by atoms with Gasteiger partial charge in [0.05, 0.1) is 19.7 Å². The molecule has 11 heteroatoms. The second-order valence-corrected chi connectivity index (χ2v) is 8.55. The zero-order valence-electron chi connectivity index (χ0n) is 18.2. The third-order valence-corrected chi connectivity index (χ3v) is 4.76. The molecule has 0 saturated heterocycles. The molecule has 0 saturated carbocycles. The van der Waals surface area contributed by atoms with Gasteiger partial charge in [0.2, 0.25) is 6.33 Å². The molecule has 1 aromatic rings. The zero-order chi connectivity index (χ0) is 23.9. The Morgan fingerprint density at radius 2 is 1.71 bits per heavy atom. The molecule has 1 heterocycles. The Morgan fingerprint density at radius 1 is 1.13 bits per heavy atom. The van der Waals surface area contributed by atoms with Crippen LogP contribution in [0, 0.1) is 0 Å². The van der Waals surface area contributed by atoms with E-state index < -0.39 is 15.6 Å². The number of aryl methyl sites for hydroxylation is 2. The smallest absolute Gasteiger partial charge is 0.485 e. The van der Waals surface area contributed by atoms with E-state index in [-0.39, 0.29) is 5.97 Å². The average molecular weight is 471 g/mol. The van der Waals surface area contributed by atoms with E-state index in [4.69, 9.17) is 17.7 Å². The molecule has 0 fully saturated rings. The molecule has 0 bridgehead atoms. The summed E-state index contributed by atoms with van der Waals surface area (Å²) < 4.78 is 68.5. The van der Waals surface area contributed by atoms with Gasteiger partial charge in [-0.2, -0.15) is 13.2 Å². The van der Waals surface area contributed by atoms with Gasteiger partial charge in [0, 0.05) is 5.57 Å². The van der Waals surface area contributed by atoms with Crippen molar-refractivity contribution in [2.24, 2.45) is 0 Å². The first-order valence-electron chi connectivity index (χ1n) is 10.3. The van der Waals surface area contributed by atoms with Gasteiger partial charge < -0.3 is 9.29 Å². The van der Waals surface area contributed by atoms with E-state index in [9.17, 15) is 18.0 Å². The van der Waals surface area contributed by atoms with Gasteiger partial charge in [0.1, 0.15) is 12.4 Å². The standard InChI is InChI=1S/C19H33N2O2.CHF3O3S/c1-4-5-6-9-12-20-14-15-21(17-20)13-10-7-8-11-16-23-19(22)18(2)3;2-1(3,4)8(5,6)7/h14-15,17H,2,4-13,16H2,1,3H3;(H,5,6,7)/q+1;/p-1. The van der Waals surface area contributed by atoms with Crippen LogP contribution in [0.2, 0.25) is 0 Å². The first-order valence-corrected chi connectivity index (χ1v) is 11.7. The lowest BCUT2D eigenvalue weighted by Gasteiger charge is -2.08. The van der Waals surface area contributed by atoms with Crippen LogP contribution in [0.4, 0.5) is 13.2 Å². The minimum atomic E-state index is -6.09. The van der Waals surface area contributed by atoms with E-state index >= 15 is 0 Å². The lowest BCUT2D eigenvalue weighted by Crippen LogP contribution is -2.30. The maximum atomic E-state index is 11.2. The Balaban J connectivity index is 0.000000954. The van der Waals surface area contributed by atoms with Crippen LogP contribution in [0.15, 0.2) is 30.9 Å². The lowest BCUT2D eigenvalue weighted by molar-refractivity contribution is -0.696. The van der Waals surface area contributed by atoms with E-state index in [0.717, 1.165) is 25.9 Å². The molecule has 0 radical (unpaired) electrons. The largest absolute Gasteiger partial charge is 0.741 e. The van der Waals surface area contributed by atoms with E-state index in [1.54, 1.807) is 6.92 Å². The summed E-state index contributed by atoms with van der Waals surface area (Å²) in [5.41, 5.74) is -5.17. The highest BCUT2D eigenvalue weighted by Gasteiger charge is 2.36. The minimum absolute atomic E-state index is 0.277. The maximum absolute atomic E-state index is 11.2. The topological polar surface area (TPSA) is 92.3 Å². The van der Waals surface area contributed by atoms with Crippen LogP contribution >= 0.6 is 0 Å². The van der Waals surface area contributed by atoms with Crippen molar-refractivity contribution in [3.63, 3.8) is 0 Å². The molecule has 0 aliphatic heterocycles. The quantitative estimate of drug-likeness (QED) is 0.108. The molecule has 0 unspecified atom stereocenters. The van der Waals surface area contributed by atoms with Gasteiger partial charge in [-0.05, 0) is 45.4 Å². The van der Waals surface area contributed by atoms with Crippen LogP contribution in [0.25, 0.3) is 0 Å². The summed E-state index contributed by atoms with van der Waals surface area (Å²) in [4.78, 5) is 11.2. The van der Waals surface area contributed by atoms with Crippen molar-refractivity contribution in [2.75, 3.05) is 6.61 Å². The van der Waals surface area contributed by atoms with Gasteiger partial charge in [-0.3, -0.25) is 0 Å². The Morgan fingerprint density at radius 3 is 2.26 bits per heavy atom. The van der Waals surface area contributed by atoms with Crippen molar-refractivity contribution >= 4 is 16.1 Å². The third kappa shape index (κ3) is 14.7. The molecule has 7 nitrogen and oxygen atoms in total. The predicted molar refractivity (Wildman–Crippen MR) is 109 cm³/mol. The molecule has 0 aliphatic rings. The van der Waals surface area contributed by atoms with Crippen molar-refractivity contribution in [1.29, 1.82) is 0 Å². The fourth-order valence-corrected chi connectivity index (χ4v) is 2.46. The van der Waals surface area contributed by atoms with Crippen molar-refractivity contribution in [1.82, 2.24) is 4.57 Å². The summed E-state index contributed by atoms with van der Waals surface area (Å²) in [6.07, 6.45) is 16.1. The summed E-state index contributed by atoms with van der Waals surface area (Å²) in [6, 6.07) is 0. The number of hydrogen-bond donors (Lipinski definition) is 0. The van der Waals surface area contributed by atoms with Crippen LogP contribution in [0.5, 0.6) is 0 Å². The summed E-state index contributed by atoms with van der Waals surface area (Å²) in [5.74, 6) is -0.277. The van der Waals surface area contributed by atoms with Gasteiger partial charge in [0.25, 0.3) is 0 Å². The van der Waals surface area contributed by atoms with Crippen molar-refractivity contribution in [2.45, 2.75) is 83.8 Å². The number of halogens is 3. The second-order valence-electron chi connectivity index (χ2n) is 7.18. The zero-order valence-corrected chi connectivity index (χ0v) is 19.0. The number of carbonyl (C=O) groups excluding carboxylic acids is 1. The number of aromatic nitrogens is 2. The molecule has 31 heavy (non-hydrogen) atoms. The van der Waals surface area contributed by atoms with E-state index in [2.05, 4.69) is 41.4 Å². The molecule has 0 spiro atoms. The predicted octanol–water partition coefficient (Wildman–Crippen LogP) is 4.09. The Labute approximate surface area is 182 Å². The number of nitrogens with zero attached hydrogens (tertiary/aromatic N) is 2. The highest BCUT2D eigenvalue weighted by Crippen LogP contribution is 2.20. The molecule has 180 valence electrons. The summed E-state index contributed by atoms with van der Waals surface area (Å²) in [5, 5.41) is 0. The molecule has 0 atom stereocenters. The molecule has 0 aliphatic carbocycles. The van der Waals surface area contributed by atoms with Gasteiger partial charge >= 0.3 is 11.5 Å². The van der Waals surface area contributed by atoms with Crippen LogP contribution < -0.4 is 4.57 Å². The molecule has 0 N–H and O–H groups in total. The van der Waals surface area contributed by atoms with Gasteiger partial charge in [-0.15, -0.1) is 0 Å². The molecule has 0 aromatic carbocycles. The molecular formula is C20H33F3N2O5S. The maximum Gasteiger partial charge on any atom is 0.485 e. The number of rotatable bonds is 13. The van der Waals surface area contributed by atoms with Crippen molar-refractivity contribution in [3.05, 3.63) is 30.9 Å². The summed E-state index contributed by atoms with van der Waals surface area (Å²) in [6.45, 7) is 10.2. The number of alkyl halides is 3. The number of ether oxygens (including phenoxy) is 1. The lowest BCUT2D eigenvalue weighted by atomic mass is 10.2. The normalized spacial score (nSPS) is 11.5. The van der Waals surface area contributed by atoms with Crippen LogP contribution in [0.1, 0.15) is 65.2 Å². The van der Waals surface area contributed by atoms with E-state index in [1.165, 1.54) is 38.5 Å². The molecule has 1 aromatic heterocycles. The van der Waals surface area contributed by atoms with Crippen LogP contribution in [-0.4, -0.2) is 35.6 Å². The highest BCUT2D eigenvalue weighted by molar-refractivity contribution is 7.86. The SMILES string of the molecule is C=C(C)C(=O)OCCCCCC[n+]1ccn(CCCCCC)c1.O=S(=O)([O-])C(F)(F)F. The third-order valence-electron chi connectivity index (χ3n) is 4.19. The second kappa shape index (κ2) is 15.0. The first-order chi connectivity index (χ1) is 14.4. The fourth-order valence-electron chi connectivity index (χ4n) is 2.46. The number of carbonyl (C=O) groups is 1. The van der Waals surface area contributed by atoms with E-state index in [0.29, 0.717) is 12.2 Å². The first kappa shape index (κ1) is 29.1.